The van der Waals surface area contributed by atoms with Crippen molar-refractivity contribution in [2.45, 2.75) is 26.2 Å². The Bertz CT molecular complexity index is 433. The first kappa shape index (κ1) is 13.2. The molecule has 0 heterocycles. The van der Waals surface area contributed by atoms with Crippen LogP contribution in [0.2, 0.25) is 0 Å². The van der Waals surface area contributed by atoms with Gasteiger partial charge in [0.1, 0.15) is 0 Å². The van der Waals surface area contributed by atoms with Crippen LogP contribution in [0.5, 0.6) is 0 Å². The smallest absolute Gasteiger partial charge is 0.251 e. The first-order chi connectivity index (χ1) is 7.80. The largest absolute Gasteiger partial charge is 0.368 e. The number of benzene rings is 1. The van der Waals surface area contributed by atoms with Crippen LogP contribution in [0.15, 0.2) is 24.3 Å². The van der Waals surface area contributed by atoms with E-state index in [1.165, 1.54) is 0 Å². The molecule has 0 fully saturated rings. The van der Waals surface area contributed by atoms with Crippen molar-refractivity contribution < 1.29 is 9.59 Å². The summed E-state index contributed by atoms with van der Waals surface area (Å²) in [6.07, 6.45) is 0. The number of carbonyl (C=O) groups excluding carboxylic acids is 2. The number of primary amides is 1. The summed E-state index contributed by atoms with van der Waals surface area (Å²) >= 11 is 0. The monoisotopic (exact) mass is 234 g/mol. The van der Waals surface area contributed by atoms with Crippen LogP contribution in [0.25, 0.3) is 0 Å². The highest BCUT2D eigenvalue weighted by atomic mass is 16.2. The van der Waals surface area contributed by atoms with Crippen LogP contribution in [-0.2, 0) is 10.2 Å². The van der Waals surface area contributed by atoms with Crippen LogP contribution in [0.3, 0.4) is 0 Å². The minimum absolute atomic E-state index is 0.0139. The SMILES string of the molecule is CC(C)(C)c1cccc(C(=O)NCC(N)=O)c1. The van der Waals surface area contributed by atoms with Crippen molar-refractivity contribution in [3.63, 3.8) is 0 Å². The quantitative estimate of drug-likeness (QED) is 0.824. The van der Waals surface area contributed by atoms with Crippen molar-refractivity contribution in [1.82, 2.24) is 5.32 Å². The number of nitrogens with one attached hydrogen (secondary N) is 1. The molecule has 0 aliphatic heterocycles. The van der Waals surface area contributed by atoms with Crippen LogP contribution in [0, 0.1) is 0 Å². The second kappa shape index (κ2) is 4.99. The van der Waals surface area contributed by atoms with Crippen molar-refractivity contribution in [2.24, 2.45) is 5.73 Å². The first-order valence-electron chi connectivity index (χ1n) is 5.48. The van der Waals surface area contributed by atoms with E-state index < -0.39 is 5.91 Å². The molecule has 0 unspecified atom stereocenters. The Morgan fingerprint density at radius 1 is 1.29 bits per heavy atom. The normalized spacial score (nSPS) is 11.0. The molecule has 0 saturated heterocycles. The van der Waals surface area contributed by atoms with Gasteiger partial charge in [-0.15, -0.1) is 0 Å². The summed E-state index contributed by atoms with van der Waals surface area (Å²) in [6, 6.07) is 7.35. The molecule has 4 nitrogen and oxygen atoms in total. The summed E-state index contributed by atoms with van der Waals surface area (Å²) in [7, 11) is 0. The van der Waals surface area contributed by atoms with Crippen molar-refractivity contribution >= 4 is 11.8 Å². The number of rotatable bonds is 3. The third kappa shape index (κ3) is 3.90. The molecule has 0 atom stereocenters. The third-order valence-corrected chi connectivity index (χ3v) is 2.41. The van der Waals surface area contributed by atoms with E-state index in [0.717, 1.165) is 5.56 Å². The van der Waals surface area contributed by atoms with Gasteiger partial charge in [-0.3, -0.25) is 9.59 Å². The molecule has 17 heavy (non-hydrogen) atoms. The molecule has 92 valence electrons. The van der Waals surface area contributed by atoms with E-state index in [1.807, 2.05) is 18.2 Å². The molecule has 0 aliphatic rings. The Morgan fingerprint density at radius 2 is 1.94 bits per heavy atom. The molecular weight excluding hydrogens is 216 g/mol. The standard InChI is InChI=1S/C13H18N2O2/c1-13(2,3)10-6-4-5-9(7-10)12(17)15-8-11(14)16/h4-7H,8H2,1-3H3,(H2,14,16)(H,15,17). The van der Waals surface area contributed by atoms with Gasteiger partial charge >= 0.3 is 0 Å². The van der Waals surface area contributed by atoms with E-state index in [-0.39, 0.29) is 17.9 Å². The highest BCUT2D eigenvalue weighted by molar-refractivity contribution is 5.96. The number of hydrogen-bond acceptors (Lipinski definition) is 2. The summed E-state index contributed by atoms with van der Waals surface area (Å²) in [6.45, 7) is 6.09. The van der Waals surface area contributed by atoms with Gasteiger partial charge in [-0.25, -0.2) is 0 Å². The molecule has 1 aromatic carbocycles. The molecule has 0 aromatic heterocycles. The maximum absolute atomic E-state index is 11.7. The van der Waals surface area contributed by atoms with Crippen LogP contribution in [-0.4, -0.2) is 18.4 Å². The fourth-order valence-electron chi connectivity index (χ4n) is 1.40. The van der Waals surface area contributed by atoms with Gasteiger partial charge in [0.25, 0.3) is 5.91 Å². The van der Waals surface area contributed by atoms with Gasteiger partial charge in [-0.1, -0.05) is 32.9 Å². The Balaban J connectivity index is 2.85. The topological polar surface area (TPSA) is 72.2 Å². The van der Waals surface area contributed by atoms with Crippen molar-refractivity contribution in [1.29, 1.82) is 0 Å². The van der Waals surface area contributed by atoms with E-state index in [1.54, 1.807) is 6.07 Å². The van der Waals surface area contributed by atoms with Crippen molar-refractivity contribution in [2.75, 3.05) is 6.54 Å². The number of carbonyl (C=O) groups is 2. The average Bonchev–Trinajstić information content (AvgIpc) is 2.25. The summed E-state index contributed by atoms with van der Waals surface area (Å²) in [5, 5.41) is 2.46. The first-order valence-corrected chi connectivity index (χ1v) is 5.48. The lowest BCUT2D eigenvalue weighted by molar-refractivity contribution is -0.117. The molecule has 0 saturated carbocycles. The zero-order chi connectivity index (χ0) is 13.1. The lowest BCUT2D eigenvalue weighted by Crippen LogP contribution is -2.33. The molecule has 0 radical (unpaired) electrons. The average molecular weight is 234 g/mol. The maximum Gasteiger partial charge on any atom is 0.251 e. The molecule has 3 N–H and O–H groups in total. The molecule has 2 amide bonds. The fraction of sp³-hybridized carbons (Fsp3) is 0.385. The van der Waals surface area contributed by atoms with Crippen LogP contribution in [0.1, 0.15) is 36.7 Å². The van der Waals surface area contributed by atoms with E-state index >= 15 is 0 Å². The fourth-order valence-corrected chi connectivity index (χ4v) is 1.40. The highest BCUT2D eigenvalue weighted by Crippen LogP contribution is 2.22. The van der Waals surface area contributed by atoms with Crippen LogP contribution < -0.4 is 11.1 Å². The predicted molar refractivity (Wildman–Crippen MR) is 66.7 cm³/mol. The molecule has 0 spiro atoms. The van der Waals surface area contributed by atoms with E-state index in [4.69, 9.17) is 5.73 Å². The van der Waals surface area contributed by atoms with Crippen molar-refractivity contribution in [3.05, 3.63) is 35.4 Å². The van der Waals surface area contributed by atoms with Gasteiger partial charge < -0.3 is 11.1 Å². The van der Waals surface area contributed by atoms with E-state index in [2.05, 4.69) is 26.1 Å². The lowest BCUT2D eigenvalue weighted by Gasteiger charge is -2.19. The Kier molecular flexibility index (Phi) is 3.89. The maximum atomic E-state index is 11.7. The molecule has 0 bridgehead atoms. The van der Waals surface area contributed by atoms with Gasteiger partial charge in [-0.2, -0.15) is 0 Å². The van der Waals surface area contributed by atoms with Gasteiger partial charge in [-0.05, 0) is 23.1 Å². The van der Waals surface area contributed by atoms with Gasteiger partial charge in [0.2, 0.25) is 5.91 Å². The van der Waals surface area contributed by atoms with E-state index in [0.29, 0.717) is 5.56 Å². The second-order valence-electron chi connectivity index (χ2n) is 4.98. The summed E-state index contributed by atoms with van der Waals surface area (Å²) in [5.74, 6) is -0.833. The number of nitrogens with two attached hydrogens (primary N) is 1. The zero-order valence-corrected chi connectivity index (χ0v) is 10.4. The van der Waals surface area contributed by atoms with Crippen LogP contribution in [0.4, 0.5) is 0 Å². The predicted octanol–water partition coefficient (Wildman–Crippen LogP) is 1.20. The van der Waals surface area contributed by atoms with Crippen LogP contribution >= 0.6 is 0 Å². The zero-order valence-electron chi connectivity index (χ0n) is 10.4. The van der Waals surface area contributed by atoms with Crippen molar-refractivity contribution in [3.8, 4) is 0 Å². The number of amides is 2. The van der Waals surface area contributed by atoms with Gasteiger partial charge in [0.05, 0.1) is 6.54 Å². The highest BCUT2D eigenvalue weighted by Gasteiger charge is 2.15. The molecular formula is C13H18N2O2. The number of hydrogen-bond donors (Lipinski definition) is 2. The Labute approximate surface area is 101 Å². The minimum Gasteiger partial charge on any atom is -0.368 e. The molecule has 0 aliphatic carbocycles. The summed E-state index contributed by atoms with van der Waals surface area (Å²) in [4.78, 5) is 22.3. The lowest BCUT2D eigenvalue weighted by atomic mass is 9.86. The van der Waals surface area contributed by atoms with E-state index in [9.17, 15) is 9.59 Å². The Morgan fingerprint density at radius 3 is 2.47 bits per heavy atom. The molecule has 4 heteroatoms. The third-order valence-electron chi connectivity index (χ3n) is 2.41. The Hall–Kier alpha value is -1.84. The minimum atomic E-state index is -0.551. The summed E-state index contributed by atoms with van der Waals surface area (Å²) in [5.41, 5.74) is 6.56. The second-order valence-corrected chi connectivity index (χ2v) is 4.98. The molecule has 1 rings (SSSR count). The van der Waals surface area contributed by atoms with Gasteiger partial charge in [0, 0.05) is 5.56 Å². The summed E-state index contributed by atoms with van der Waals surface area (Å²) < 4.78 is 0. The van der Waals surface area contributed by atoms with Gasteiger partial charge in [0.15, 0.2) is 0 Å². The molecule has 1 aromatic rings.